The number of anilines is 3. The van der Waals surface area contributed by atoms with Crippen molar-refractivity contribution in [1.29, 1.82) is 0 Å². The number of carbonyl (C=O) groups excluding carboxylic acids is 3. The molecule has 3 aromatic rings. The van der Waals surface area contributed by atoms with E-state index in [1.54, 1.807) is 9.80 Å². The summed E-state index contributed by atoms with van der Waals surface area (Å²) in [5.74, 6) is -0.307. The summed E-state index contributed by atoms with van der Waals surface area (Å²) < 4.78 is 0. The Labute approximate surface area is 223 Å². The van der Waals surface area contributed by atoms with Crippen molar-refractivity contribution in [3.05, 3.63) is 90.0 Å². The number of carbonyl (C=O) groups is 3. The van der Waals surface area contributed by atoms with Crippen LogP contribution in [-0.2, 0) is 9.59 Å². The largest absolute Gasteiger partial charge is 0.339 e. The lowest BCUT2D eigenvalue weighted by Gasteiger charge is -2.43. The van der Waals surface area contributed by atoms with Gasteiger partial charge >= 0.3 is 6.03 Å². The molecule has 0 radical (unpaired) electrons. The average Bonchev–Trinajstić information content (AvgIpc) is 3.18. The molecule has 0 atom stereocenters. The molecule has 0 aliphatic carbocycles. The Morgan fingerprint density at radius 2 is 1.47 bits per heavy atom. The number of likely N-dealkylation sites (tertiary alicyclic amines) is 1. The minimum Gasteiger partial charge on any atom is -0.339 e. The second-order valence-electron chi connectivity index (χ2n) is 10.1. The van der Waals surface area contributed by atoms with Crippen LogP contribution < -0.4 is 15.5 Å². The predicted octanol–water partition coefficient (Wildman–Crippen LogP) is 4.61. The first-order valence-electron chi connectivity index (χ1n) is 13.0. The van der Waals surface area contributed by atoms with Gasteiger partial charge in [-0.2, -0.15) is 0 Å². The number of benzene rings is 3. The Morgan fingerprint density at radius 1 is 0.816 bits per heavy atom. The number of para-hydroxylation sites is 2. The van der Waals surface area contributed by atoms with Crippen molar-refractivity contribution in [2.24, 2.45) is 0 Å². The predicted molar refractivity (Wildman–Crippen MR) is 149 cm³/mol. The lowest BCUT2D eigenvalue weighted by molar-refractivity contribution is -0.136. The van der Waals surface area contributed by atoms with E-state index in [9.17, 15) is 14.4 Å². The Balaban J connectivity index is 1.30. The van der Waals surface area contributed by atoms with Crippen molar-refractivity contribution < 1.29 is 14.4 Å². The summed E-state index contributed by atoms with van der Waals surface area (Å²) in [6, 6.07) is 24.7. The van der Waals surface area contributed by atoms with E-state index < -0.39 is 5.54 Å². The summed E-state index contributed by atoms with van der Waals surface area (Å²) >= 11 is 0. The molecule has 0 aromatic heterocycles. The number of hydrogen-bond acceptors (Lipinski definition) is 4. The fraction of sp³-hybridized carbons (Fsp3) is 0.300. The van der Waals surface area contributed by atoms with Gasteiger partial charge in [-0.3, -0.25) is 9.59 Å². The van der Waals surface area contributed by atoms with Crippen LogP contribution in [0.3, 0.4) is 0 Å². The van der Waals surface area contributed by atoms with Gasteiger partial charge in [0.05, 0.1) is 6.67 Å². The number of piperidine rings is 1. The summed E-state index contributed by atoms with van der Waals surface area (Å²) in [4.78, 5) is 45.2. The standard InChI is InChI=1S/C30H33N5O3/c1-22-13-14-25(19-23(22)2)32-29(38)33-17-15-30(16-18-33)28(37)34(21-35(30)26-11-7-4-8-12-26)20-27(36)31-24-9-5-3-6-10-24/h3-14,19H,15-18,20-21H2,1-2H3,(H,31,36)(H,32,38). The van der Waals surface area contributed by atoms with E-state index in [1.807, 2.05) is 92.7 Å². The van der Waals surface area contributed by atoms with Crippen LogP contribution in [-0.4, -0.2) is 59.5 Å². The Hall–Kier alpha value is -4.33. The van der Waals surface area contributed by atoms with Crippen LogP contribution in [0.2, 0.25) is 0 Å². The first kappa shape index (κ1) is 25.3. The Kier molecular flexibility index (Phi) is 7.05. The molecular formula is C30H33N5O3. The van der Waals surface area contributed by atoms with Crippen molar-refractivity contribution in [2.45, 2.75) is 32.2 Å². The van der Waals surface area contributed by atoms with Gasteiger partial charge in [-0.1, -0.05) is 42.5 Å². The zero-order chi connectivity index (χ0) is 26.7. The second kappa shape index (κ2) is 10.6. The van der Waals surface area contributed by atoms with Crippen LogP contribution in [0.1, 0.15) is 24.0 Å². The zero-order valence-electron chi connectivity index (χ0n) is 21.8. The van der Waals surface area contributed by atoms with Gasteiger partial charge < -0.3 is 25.3 Å². The summed E-state index contributed by atoms with van der Waals surface area (Å²) in [7, 11) is 0. The fourth-order valence-electron chi connectivity index (χ4n) is 5.32. The molecule has 38 heavy (non-hydrogen) atoms. The third kappa shape index (κ3) is 5.07. The van der Waals surface area contributed by atoms with E-state index in [2.05, 4.69) is 15.5 Å². The lowest BCUT2D eigenvalue weighted by atomic mass is 9.85. The molecule has 2 fully saturated rings. The molecule has 8 nitrogen and oxygen atoms in total. The molecule has 1 spiro atoms. The van der Waals surface area contributed by atoms with Gasteiger partial charge in [0.15, 0.2) is 0 Å². The highest BCUT2D eigenvalue weighted by molar-refractivity contribution is 5.99. The summed E-state index contributed by atoms with van der Waals surface area (Å²) in [5, 5.41) is 5.87. The molecule has 2 aliphatic heterocycles. The molecule has 2 heterocycles. The molecule has 0 unspecified atom stereocenters. The molecular weight excluding hydrogens is 478 g/mol. The third-order valence-electron chi connectivity index (χ3n) is 7.61. The first-order chi connectivity index (χ1) is 18.4. The van der Waals surface area contributed by atoms with Gasteiger partial charge in [-0.05, 0) is 74.2 Å². The molecule has 2 aliphatic rings. The maximum Gasteiger partial charge on any atom is 0.321 e. The highest BCUT2D eigenvalue weighted by Gasteiger charge is 2.54. The van der Waals surface area contributed by atoms with Gasteiger partial charge in [-0.15, -0.1) is 0 Å². The number of amides is 4. The van der Waals surface area contributed by atoms with Crippen LogP contribution in [0.5, 0.6) is 0 Å². The molecule has 2 saturated heterocycles. The van der Waals surface area contributed by atoms with Gasteiger partial charge in [0.2, 0.25) is 5.91 Å². The SMILES string of the molecule is Cc1ccc(NC(=O)N2CCC3(CC2)C(=O)N(CC(=O)Nc2ccccc2)CN3c2ccccc2)cc1C. The van der Waals surface area contributed by atoms with Gasteiger partial charge in [0.25, 0.3) is 5.91 Å². The van der Waals surface area contributed by atoms with E-state index >= 15 is 0 Å². The van der Waals surface area contributed by atoms with Crippen LogP contribution in [0, 0.1) is 13.8 Å². The minimum absolute atomic E-state index is 0.0320. The maximum absolute atomic E-state index is 13.9. The van der Waals surface area contributed by atoms with Crippen LogP contribution in [0.15, 0.2) is 78.9 Å². The monoisotopic (exact) mass is 511 g/mol. The summed E-state index contributed by atoms with van der Waals surface area (Å²) in [6.45, 7) is 5.23. The van der Waals surface area contributed by atoms with Crippen molar-refractivity contribution in [3.63, 3.8) is 0 Å². The van der Waals surface area contributed by atoms with E-state index in [0.29, 0.717) is 38.3 Å². The molecule has 2 N–H and O–H groups in total. The Bertz CT molecular complexity index is 1320. The lowest BCUT2D eigenvalue weighted by Crippen LogP contribution is -2.58. The molecule has 196 valence electrons. The smallest absolute Gasteiger partial charge is 0.321 e. The van der Waals surface area contributed by atoms with Crippen molar-refractivity contribution in [2.75, 3.05) is 41.8 Å². The fourth-order valence-corrected chi connectivity index (χ4v) is 5.32. The molecule has 3 aromatic carbocycles. The highest BCUT2D eigenvalue weighted by Crippen LogP contribution is 2.39. The van der Waals surface area contributed by atoms with Gasteiger partial charge in [-0.25, -0.2) is 4.79 Å². The quantitative estimate of drug-likeness (QED) is 0.524. The zero-order valence-corrected chi connectivity index (χ0v) is 21.8. The van der Waals surface area contributed by atoms with E-state index in [-0.39, 0.29) is 24.4 Å². The summed E-state index contributed by atoms with van der Waals surface area (Å²) in [6.07, 6.45) is 0.968. The minimum atomic E-state index is -0.800. The maximum atomic E-state index is 13.9. The molecule has 0 saturated carbocycles. The van der Waals surface area contributed by atoms with Crippen molar-refractivity contribution >= 4 is 34.9 Å². The second-order valence-corrected chi connectivity index (χ2v) is 10.1. The molecule has 4 amide bonds. The number of nitrogens with one attached hydrogen (secondary N) is 2. The highest BCUT2D eigenvalue weighted by atomic mass is 16.2. The Morgan fingerprint density at radius 3 is 2.13 bits per heavy atom. The normalized spacial score (nSPS) is 16.6. The average molecular weight is 512 g/mol. The topological polar surface area (TPSA) is 85.0 Å². The molecule has 8 heteroatoms. The van der Waals surface area contributed by atoms with Gasteiger partial charge in [0, 0.05) is 30.2 Å². The van der Waals surface area contributed by atoms with E-state index in [4.69, 9.17) is 0 Å². The summed E-state index contributed by atoms with van der Waals surface area (Å²) in [5.41, 5.74) is 3.88. The number of rotatable bonds is 5. The van der Waals surface area contributed by atoms with Crippen LogP contribution >= 0.6 is 0 Å². The third-order valence-corrected chi connectivity index (χ3v) is 7.61. The number of urea groups is 1. The van der Waals surface area contributed by atoms with Crippen LogP contribution in [0.25, 0.3) is 0 Å². The molecule has 5 rings (SSSR count). The first-order valence-corrected chi connectivity index (χ1v) is 13.0. The number of nitrogens with zero attached hydrogens (tertiary/aromatic N) is 3. The van der Waals surface area contributed by atoms with E-state index in [0.717, 1.165) is 16.9 Å². The van der Waals surface area contributed by atoms with Crippen LogP contribution in [0.4, 0.5) is 21.9 Å². The van der Waals surface area contributed by atoms with Crippen molar-refractivity contribution in [3.8, 4) is 0 Å². The number of hydrogen-bond donors (Lipinski definition) is 2. The van der Waals surface area contributed by atoms with Gasteiger partial charge in [0.1, 0.15) is 12.1 Å². The number of aryl methyl sites for hydroxylation is 2. The molecule has 0 bridgehead atoms. The van der Waals surface area contributed by atoms with Crippen molar-refractivity contribution in [1.82, 2.24) is 9.80 Å². The van der Waals surface area contributed by atoms with E-state index in [1.165, 1.54) is 5.56 Å².